The van der Waals surface area contributed by atoms with Crippen molar-refractivity contribution in [2.24, 2.45) is 5.41 Å². The van der Waals surface area contributed by atoms with Gasteiger partial charge in [0.25, 0.3) is 0 Å². The average molecular weight is 230 g/mol. The number of rotatable bonds is 2. The molecule has 1 rings (SSSR count). The molecule has 1 saturated heterocycles. The molecule has 92 valence electrons. The Morgan fingerprint density at radius 3 is 2.69 bits per heavy atom. The first kappa shape index (κ1) is 12.8. The molecule has 1 atom stereocenters. The molecule has 0 aromatic carbocycles. The van der Waals surface area contributed by atoms with E-state index in [-0.39, 0.29) is 6.42 Å². The van der Waals surface area contributed by atoms with Gasteiger partial charge in [0.15, 0.2) is 0 Å². The Morgan fingerprint density at radius 2 is 2.19 bits per heavy atom. The number of carbonyl (C=O) groups is 2. The van der Waals surface area contributed by atoms with Gasteiger partial charge in [-0.05, 0) is 0 Å². The van der Waals surface area contributed by atoms with Crippen LogP contribution >= 0.6 is 0 Å². The molecule has 16 heavy (non-hydrogen) atoms. The monoisotopic (exact) mass is 230 g/mol. The highest BCUT2D eigenvalue weighted by Gasteiger charge is 2.46. The summed E-state index contributed by atoms with van der Waals surface area (Å²) in [5.74, 6) is -0.436. The maximum Gasteiger partial charge on any atom is 0.346 e. The number of hydrogen-bond acceptors (Lipinski definition) is 4. The SMILES string of the molecule is CCC(=O)OC1N(O)C(=O)N(C)CC1(C)C. The Morgan fingerprint density at radius 1 is 1.62 bits per heavy atom. The summed E-state index contributed by atoms with van der Waals surface area (Å²) in [5, 5.41) is 10.1. The molecule has 0 spiro atoms. The van der Waals surface area contributed by atoms with Gasteiger partial charge in [0.05, 0.1) is 0 Å². The quantitative estimate of drug-likeness (QED) is 0.568. The van der Waals surface area contributed by atoms with Crippen LogP contribution in [0.15, 0.2) is 0 Å². The van der Waals surface area contributed by atoms with Crippen LogP contribution in [0.1, 0.15) is 27.2 Å². The number of hydroxylamine groups is 2. The lowest BCUT2D eigenvalue weighted by atomic mass is 9.88. The normalized spacial score (nSPS) is 24.6. The summed E-state index contributed by atoms with van der Waals surface area (Å²) < 4.78 is 5.08. The molecule has 0 bridgehead atoms. The van der Waals surface area contributed by atoms with E-state index in [1.165, 1.54) is 4.90 Å². The third-order valence-electron chi connectivity index (χ3n) is 2.59. The molecule has 6 nitrogen and oxygen atoms in total. The van der Waals surface area contributed by atoms with Crippen LogP contribution in [-0.4, -0.2) is 47.0 Å². The molecule has 0 aromatic heterocycles. The topological polar surface area (TPSA) is 70.1 Å². The van der Waals surface area contributed by atoms with E-state index in [1.807, 2.05) is 13.8 Å². The summed E-state index contributed by atoms with van der Waals surface area (Å²) in [6.45, 7) is 5.73. The lowest BCUT2D eigenvalue weighted by molar-refractivity contribution is -0.236. The Hall–Kier alpha value is -1.30. The number of ether oxygens (including phenoxy) is 1. The molecule has 0 aliphatic carbocycles. The van der Waals surface area contributed by atoms with Crippen molar-refractivity contribution >= 4 is 12.0 Å². The van der Waals surface area contributed by atoms with Crippen molar-refractivity contribution in [1.82, 2.24) is 9.96 Å². The molecule has 0 radical (unpaired) electrons. The molecule has 1 aliphatic rings. The fourth-order valence-electron chi connectivity index (χ4n) is 1.78. The Kier molecular flexibility index (Phi) is 3.42. The zero-order valence-corrected chi connectivity index (χ0v) is 10.1. The lowest BCUT2D eigenvalue weighted by Crippen LogP contribution is -2.61. The molecule has 1 aliphatic heterocycles. The van der Waals surface area contributed by atoms with E-state index >= 15 is 0 Å². The van der Waals surface area contributed by atoms with Gasteiger partial charge in [-0.1, -0.05) is 20.8 Å². The predicted octanol–water partition coefficient (Wildman–Crippen LogP) is 1.05. The smallest absolute Gasteiger partial charge is 0.346 e. The van der Waals surface area contributed by atoms with Gasteiger partial charge in [-0.2, -0.15) is 5.06 Å². The minimum absolute atomic E-state index is 0.213. The van der Waals surface area contributed by atoms with Crippen molar-refractivity contribution in [3.05, 3.63) is 0 Å². The maximum atomic E-state index is 11.5. The molecule has 1 fully saturated rings. The van der Waals surface area contributed by atoms with E-state index in [2.05, 4.69) is 0 Å². The fourth-order valence-corrected chi connectivity index (χ4v) is 1.78. The van der Waals surface area contributed by atoms with E-state index < -0.39 is 23.6 Å². The highest BCUT2D eigenvalue weighted by atomic mass is 16.6. The van der Waals surface area contributed by atoms with Crippen molar-refractivity contribution in [3.63, 3.8) is 0 Å². The lowest BCUT2D eigenvalue weighted by Gasteiger charge is -2.45. The Labute approximate surface area is 94.7 Å². The highest BCUT2D eigenvalue weighted by Crippen LogP contribution is 2.31. The van der Waals surface area contributed by atoms with E-state index in [9.17, 15) is 14.8 Å². The summed E-state index contributed by atoms with van der Waals surface area (Å²) in [4.78, 5) is 24.1. The molecule has 0 aromatic rings. The first-order chi connectivity index (χ1) is 7.29. The summed E-state index contributed by atoms with van der Waals surface area (Å²) >= 11 is 0. The van der Waals surface area contributed by atoms with Gasteiger partial charge in [0, 0.05) is 25.4 Å². The first-order valence-electron chi connectivity index (χ1n) is 5.22. The van der Waals surface area contributed by atoms with Gasteiger partial charge in [-0.3, -0.25) is 10.0 Å². The van der Waals surface area contributed by atoms with Crippen molar-refractivity contribution in [2.45, 2.75) is 33.4 Å². The second-order valence-corrected chi connectivity index (χ2v) is 4.67. The van der Waals surface area contributed by atoms with Crippen LogP contribution in [0.3, 0.4) is 0 Å². The highest BCUT2D eigenvalue weighted by molar-refractivity contribution is 5.75. The molecule has 6 heteroatoms. The molecule has 2 amide bonds. The second kappa shape index (κ2) is 4.29. The van der Waals surface area contributed by atoms with E-state index in [4.69, 9.17) is 4.74 Å². The summed E-state index contributed by atoms with van der Waals surface area (Å²) in [6.07, 6.45) is -0.714. The molecular weight excluding hydrogens is 212 g/mol. The van der Waals surface area contributed by atoms with Crippen LogP contribution in [0.2, 0.25) is 0 Å². The molecule has 1 heterocycles. The third kappa shape index (κ3) is 2.27. The fraction of sp³-hybridized carbons (Fsp3) is 0.800. The minimum atomic E-state index is -0.927. The van der Waals surface area contributed by atoms with E-state index in [0.717, 1.165) is 0 Å². The number of esters is 1. The van der Waals surface area contributed by atoms with Crippen molar-refractivity contribution in [1.29, 1.82) is 0 Å². The predicted molar refractivity (Wildman–Crippen MR) is 55.6 cm³/mol. The van der Waals surface area contributed by atoms with Gasteiger partial charge in [0.2, 0.25) is 6.23 Å². The minimum Gasteiger partial charge on any atom is -0.438 e. The summed E-state index contributed by atoms with van der Waals surface area (Å²) in [5.41, 5.74) is -0.512. The summed E-state index contributed by atoms with van der Waals surface area (Å²) in [7, 11) is 1.59. The van der Waals surface area contributed by atoms with Gasteiger partial charge in [-0.25, -0.2) is 4.79 Å². The number of urea groups is 1. The molecular formula is C10H18N2O4. The number of hydrogen-bond donors (Lipinski definition) is 1. The van der Waals surface area contributed by atoms with Crippen LogP contribution < -0.4 is 0 Å². The zero-order valence-electron chi connectivity index (χ0n) is 10.1. The van der Waals surface area contributed by atoms with Crippen LogP contribution in [0, 0.1) is 5.41 Å². The standard InChI is InChI=1S/C10H18N2O4/c1-5-7(13)16-8-10(2,3)6-11(4)9(14)12(8)15/h8,15H,5-6H2,1-4H3. The van der Waals surface area contributed by atoms with Crippen LogP contribution in [0.4, 0.5) is 4.79 Å². The molecule has 1 N–H and O–H groups in total. The van der Waals surface area contributed by atoms with Gasteiger partial charge in [0.1, 0.15) is 0 Å². The van der Waals surface area contributed by atoms with E-state index in [0.29, 0.717) is 11.6 Å². The van der Waals surface area contributed by atoms with Crippen LogP contribution in [-0.2, 0) is 9.53 Å². The van der Waals surface area contributed by atoms with Crippen molar-refractivity contribution < 1.29 is 19.5 Å². The number of amides is 2. The van der Waals surface area contributed by atoms with Crippen molar-refractivity contribution in [2.75, 3.05) is 13.6 Å². The Balaban J connectivity index is 2.86. The third-order valence-corrected chi connectivity index (χ3v) is 2.59. The zero-order chi connectivity index (χ0) is 12.5. The van der Waals surface area contributed by atoms with Crippen LogP contribution in [0.5, 0.6) is 0 Å². The van der Waals surface area contributed by atoms with Gasteiger partial charge >= 0.3 is 12.0 Å². The Bertz CT molecular complexity index is 303. The van der Waals surface area contributed by atoms with Gasteiger partial charge in [-0.15, -0.1) is 0 Å². The van der Waals surface area contributed by atoms with E-state index in [1.54, 1.807) is 14.0 Å². The van der Waals surface area contributed by atoms with Crippen molar-refractivity contribution in [3.8, 4) is 0 Å². The first-order valence-corrected chi connectivity index (χ1v) is 5.22. The average Bonchev–Trinajstić information content (AvgIpc) is 2.20. The van der Waals surface area contributed by atoms with Crippen LogP contribution in [0.25, 0.3) is 0 Å². The maximum absolute atomic E-state index is 11.5. The summed E-state index contributed by atoms with van der Waals surface area (Å²) in [6, 6.07) is -0.562. The molecule has 1 unspecified atom stereocenters. The second-order valence-electron chi connectivity index (χ2n) is 4.67. The molecule has 0 saturated carbocycles. The number of carbonyl (C=O) groups excluding carboxylic acids is 2. The largest absolute Gasteiger partial charge is 0.438 e. The number of nitrogens with zero attached hydrogens (tertiary/aromatic N) is 2. The van der Waals surface area contributed by atoms with Gasteiger partial charge < -0.3 is 9.64 Å².